The van der Waals surface area contributed by atoms with Crippen LogP contribution in [-0.2, 0) is 14.3 Å². The molecule has 1 amide bonds. The number of hydrogen-bond donors (Lipinski definition) is 2. The van der Waals surface area contributed by atoms with Crippen LogP contribution in [0.5, 0.6) is 0 Å². The van der Waals surface area contributed by atoms with E-state index in [4.69, 9.17) is 9.84 Å². The lowest BCUT2D eigenvalue weighted by Crippen LogP contribution is -2.47. The molecule has 2 aliphatic rings. The van der Waals surface area contributed by atoms with Crippen molar-refractivity contribution in [1.82, 2.24) is 5.32 Å². The first kappa shape index (κ1) is 10.4. The van der Waals surface area contributed by atoms with Crippen LogP contribution in [0.4, 0.5) is 0 Å². The van der Waals surface area contributed by atoms with Gasteiger partial charge in [-0.1, -0.05) is 0 Å². The first-order valence-electron chi connectivity index (χ1n) is 5.11. The van der Waals surface area contributed by atoms with Crippen molar-refractivity contribution < 1.29 is 19.4 Å². The number of carboxylic acids is 1. The number of amides is 1. The molecule has 0 aromatic rings. The first-order chi connectivity index (χ1) is 7.10. The average molecular weight is 213 g/mol. The van der Waals surface area contributed by atoms with Crippen molar-refractivity contribution in [3.8, 4) is 0 Å². The number of carbonyl (C=O) groups excluding carboxylic acids is 1. The zero-order valence-corrected chi connectivity index (χ0v) is 8.66. The van der Waals surface area contributed by atoms with E-state index in [9.17, 15) is 9.59 Å². The second-order valence-corrected chi connectivity index (χ2v) is 4.46. The second-order valence-electron chi connectivity index (χ2n) is 4.46. The zero-order chi connectivity index (χ0) is 11.1. The Morgan fingerprint density at radius 1 is 1.67 bits per heavy atom. The van der Waals surface area contributed by atoms with Crippen LogP contribution in [0, 0.1) is 11.3 Å². The summed E-state index contributed by atoms with van der Waals surface area (Å²) in [6.45, 7) is 0.341. The summed E-state index contributed by atoms with van der Waals surface area (Å²) in [5.41, 5.74) is -0.516. The van der Waals surface area contributed by atoms with Crippen LogP contribution in [-0.4, -0.2) is 36.7 Å². The number of ether oxygens (including phenoxy) is 1. The number of rotatable bonds is 4. The summed E-state index contributed by atoms with van der Waals surface area (Å²) in [4.78, 5) is 22.5. The number of methoxy groups -OCH3 is 1. The van der Waals surface area contributed by atoms with Crippen LogP contribution in [0.15, 0.2) is 0 Å². The lowest BCUT2D eigenvalue weighted by atomic mass is 9.76. The van der Waals surface area contributed by atoms with Crippen molar-refractivity contribution in [2.24, 2.45) is 11.3 Å². The standard InChI is InChI=1S/C10H15NO4/c1-15-5-10(6-2-3-6)4-7(12)11-8(10)9(13)14/h6,8H,2-5H2,1H3,(H,11,12)(H,13,14). The quantitative estimate of drug-likeness (QED) is 0.689. The Hall–Kier alpha value is -1.10. The van der Waals surface area contributed by atoms with Gasteiger partial charge in [0.2, 0.25) is 5.91 Å². The third-order valence-corrected chi connectivity index (χ3v) is 3.42. The molecule has 1 saturated heterocycles. The van der Waals surface area contributed by atoms with Gasteiger partial charge in [-0.2, -0.15) is 0 Å². The fraction of sp³-hybridized carbons (Fsp3) is 0.800. The molecule has 2 N–H and O–H groups in total. The van der Waals surface area contributed by atoms with Crippen molar-refractivity contribution in [1.29, 1.82) is 0 Å². The fourth-order valence-electron chi connectivity index (χ4n) is 2.62. The van der Waals surface area contributed by atoms with Crippen molar-refractivity contribution in [2.75, 3.05) is 13.7 Å². The molecule has 1 aliphatic carbocycles. The fourth-order valence-corrected chi connectivity index (χ4v) is 2.62. The van der Waals surface area contributed by atoms with Crippen LogP contribution in [0.25, 0.3) is 0 Å². The molecule has 2 unspecified atom stereocenters. The monoisotopic (exact) mass is 213 g/mol. The highest BCUT2D eigenvalue weighted by molar-refractivity contribution is 5.89. The van der Waals surface area contributed by atoms with E-state index >= 15 is 0 Å². The van der Waals surface area contributed by atoms with Crippen molar-refractivity contribution in [3.05, 3.63) is 0 Å². The van der Waals surface area contributed by atoms with Crippen molar-refractivity contribution in [2.45, 2.75) is 25.3 Å². The highest BCUT2D eigenvalue weighted by Gasteiger charge is 2.58. The Balaban J connectivity index is 2.26. The molecule has 0 spiro atoms. The summed E-state index contributed by atoms with van der Waals surface area (Å²) in [6, 6.07) is -0.780. The van der Waals surface area contributed by atoms with Gasteiger partial charge in [0.05, 0.1) is 6.61 Å². The summed E-state index contributed by atoms with van der Waals surface area (Å²) in [5, 5.41) is 11.6. The Bertz CT molecular complexity index is 300. The first-order valence-corrected chi connectivity index (χ1v) is 5.11. The molecule has 5 nitrogen and oxygen atoms in total. The van der Waals surface area contributed by atoms with Gasteiger partial charge in [0.25, 0.3) is 0 Å². The minimum atomic E-state index is -0.954. The van der Waals surface area contributed by atoms with Crippen molar-refractivity contribution >= 4 is 11.9 Å². The van der Waals surface area contributed by atoms with E-state index < -0.39 is 17.4 Å². The molecule has 2 rings (SSSR count). The molecule has 15 heavy (non-hydrogen) atoms. The molecule has 2 atom stereocenters. The van der Waals surface area contributed by atoms with Crippen molar-refractivity contribution in [3.63, 3.8) is 0 Å². The maximum Gasteiger partial charge on any atom is 0.326 e. The van der Waals surface area contributed by atoms with E-state index in [1.54, 1.807) is 7.11 Å². The summed E-state index contributed by atoms with van der Waals surface area (Å²) in [5.74, 6) is -0.811. The van der Waals surface area contributed by atoms with Gasteiger partial charge >= 0.3 is 5.97 Å². The van der Waals surface area contributed by atoms with E-state index in [2.05, 4.69) is 5.32 Å². The van der Waals surface area contributed by atoms with E-state index in [0.717, 1.165) is 12.8 Å². The second kappa shape index (κ2) is 3.48. The number of hydrogen-bond acceptors (Lipinski definition) is 3. The van der Waals surface area contributed by atoms with Crippen LogP contribution in [0.2, 0.25) is 0 Å². The third kappa shape index (κ3) is 1.61. The molecule has 1 saturated carbocycles. The Morgan fingerprint density at radius 3 is 2.80 bits per heavy atom. The number of carbonyl (C=O) groups is 2. The summed E-state index contributed by atoms with van der Waals surface area (Å²) >= 11 is 0. The highest BCUT2D eigenvalue weighted by atomic mass is 16.5. The molecule has 1 aliphatic heterocycles. The van der Waals surface area contributed by atoms with Gasteiger partial charge in [0.1, 0.15) is 6.04 Å². The number of aliphatic carboxylic acids is 1. The van der Waals surface area contributed by atoms with Gasteiger partial charge in [0.15, 0.2) is 0 Å². The minimum absolute atomic E-state index is 0.175. The molecule has 0 radical (unpaired) electrons. The average Bonchev–Trinajstić information content (AvgIpc) is 2.93. The van der Waals surface area contributed by atoms with E-state index in [-0.39, 0.29) is 12.3 Å². The molecule has 0 aromatic carbocycles. The molecule has 84 valence electrons. The lowest BCUT2D eigenvalue weighted by molar-refractivity contribution is -0.144. The van der Waals surface area contributed by atoms with Gasteiger partial charge < -0.3 is 15.2 Å². The molecular formula is C10H15NO4. The van der Waals surface area contributed by atoms with Gasteiger partial charge in [-0.25, -0.2) is 4.79 Å². The normalized spacial score (nSPS) is 35.3. The largest absolute Gasteiger partial charge is 0.480 e. The Labute approximate surface area is 87.8 Å². The van der Waals surface area contributed by atoms with Gasteiger partial charge in [0, 0.05) is 18.9 Å². The minimum Gasteiger partial charge on any atom is -0.480 e. The molecule has 2 fully saturated rings. The molecule has 1 heterocycles. The topological polar surface area (TPSA) is 75.6 Å². The summed E-state index contributed by atoms with van der Waals surface area (Å²) < 4.78 is 5.10. The lowest BCUT2D eigenvalue weighted by Gasteiger charge is -2.30. The third-order valence-electron chi connectivity index (χ3n) is 3.42. The Kier molecular flexibility index (Phi) is 2.42. The number of nitrogens with one attached hydrogen (secondary N) is 1. The number of carboxylic acid groups (broad SMARTS) is 1. The molecule has 0 bridgehead atoms. The zero-order valence-electron chi connectivity index (χ0n) is 8.66. The smallest absolute Gasteiger partial charge is 0.326 e. The summed E-state index contributed by atoms with van der Waals surface area (Å²) in [7, 11) is 1.55. The van der Waals surface area contributed by atoms with Crippen LogP contribution in [0.1, 0.15) is 19.3 Å². The van der Waals surface area contributed by atoms with Gasteiger partial charge in [-0.15, -0.1) is 0 Å². The van der Waals surface area contributed by atoms with Crippen LogP contribution >= 0.6 is 0 Å². The van der Waals surface area contributed by atoms with Crippen LogP contribution < -0.4 is 5.32 Å². The van der Waals surface area contributed by atoms with Gasteiger partial charge in [-0.3, -0.25) is 4.79 Å². The maximum atomic E-state index is 11.4. The SMILES string of the molecule is COCC1(C2CC2)CC(=O)NC1C(=O)O. The molecule has 0 aromatic heterocycles. The van der Waals surface area contributed by atoms with Crippen LogP contribution in [0.3, 0.4) is 0 Å². The van der Waals surface area contributed by atoms with E-state index in [1.807, 2.05) is 0 Å². The molecule has 5 heteroatoms. The summed E-state index contributed by atoms with van der Waals surface area (Å²) in [6.07, 6.45) is 2.28. The highest BCUT2D eigenvalue weighted by Crippen LogP contribution is 2.52. The maximum absolute atomic E-state index is 11.4. The Morgan fingerprint density at radius 2 is 2.33 bits per heavy atom. The van der Waals surface area contributed by atoms with Gasteiger partial charge in [-0.05, 0) is 18.8 Å². The predicted octanol–water partition coefficient (Wildman–Crippen LogP) is 0.00230. The molecular weight excluding hydrogens is 198 g/mol. The van der Waals surface area contributed by atoms with E-state index in [0.29, 0.717) is 12.5 Å². The predicted molar refractivity (Wildman–Crippen MR) is 51.2 cm³/mol. The van der Waals surface area contributed by atoms with E-state index in [1.165, 1.54) is 0 Å².